The smallest absolute Gasteiger partial charge is 0.181 e. The van der Waals surface area contributed by atoms with E-state index in [1.165, 1.54) is 6.33 Å². The number of carbonyl (C=O) groups is 1. The van der Waals surface area contributed by atoms with Crippen LogP contribution in [0.5, 0.6) is 0 Å². The number of hydrogen-bond donors (Lipinski definition) is 1. The molecule has 1 N–H and O–H groups in total. The average molecular weight is 302 g/mol. The molecule has 6 heteroatoms. The Kier molecular flexibility index (Phi) is 2.56. The average Bonchev–Trinajstić information content (AvgIpc) is 3.03. The molecule has 2 bridgehead atoms. The summed E-state index contributed by atoms with van der Waals surface area (Å²) < 4.78 is 0. The molecule has 2 heterocycles. The second-order valence-corrected chi connectivity index (χ2v) is 8.00. The van der Waals surface area contributed by atoms with Crippen molar-refractivity contribution < 1.29 is 4.79 Å². The predicted molar refractivity (Wildman–Crippen MR) is 80.9 cm³/mol. The van der Waals surface area contributed by atoms with Gasteiger partial charge in [-0.3, -0.25) is 4.79 Å². The van der Waals surface area contributed by atoms with Gasteiger partial charge in [0.15, 0.2) is 5.65 Å². The normalized spacial score (nSPS) is 34.0. The molecular formula is C15H18N4OS. The van der Waals surface area contributed by atoms with E-state index in [-0.39, 0.29) is 22.0 Å². The summed E-state index contributed by atoms with van der Waals surface area (Å²) in [6, 6.07) is 0. The van der Waals surface area contributed by atoms with E-state index in [9.17, 15) is 4.79 Å². The summed E-state index contributed by atoms with van der Waals surface area (Å²) in [5.41, 5.74) is 1.60. The summed E-state index contributed by atoms with van der Waals surface area (Å²) in [5, 5.41) is 0.813. The van der Waals surface area contributed by atoms with Crippen LogP contribution in [0, 0.1) is 16.7 Å². The number of hydrogen-bond acceptors (Lipinski definition) is 5. The number of aromatic amines is 1. The van der Waals surface area contributed by atoms with E-state index in [0.29, 0.717) is 11.4 Å². The number of imidazole rings is 1. The van der Waals surface area contributed by atoms with Crippen LogP contribution >= 0.6 is 11.8 Å². The van der Waals surface area contributed by atoms with E-state index in [1.807, 2.05) is 0 Å². The standard InChI is InChI=1S/C15H18N4OS/c1-14(2)8-4-5-15(14,3)11(10(8)20)21-13-9-12(17-6-16-9)18-7-19-13/h6-8,11H,4-5H2,1-3H3,(H,16,17,18,19). The van der Waals surface area contributed by atoms with E-state index in [1.54, 1.807) is 18.1 Å². The Morgan fingerprint density at radius 1 is 1.29 bits per heavy atom. The summed E-state index contributed by atoms with van der Waals surface area (Å²) >= 11 is 1.59. The van der Waals surface area contributed by atoms with Crippen molar-refractivity contribution >= 4 is 28.7 Å². The van der Waals surface area contributed by atoms with Crippen LogP contribution in [0.1, 0.15) is 33.6 Å². The molecule has 0 aliphatic heterocycles. The molecule has 110 valence electrons. The Bertz CT molecular complexity index is 740. The van der Waals surface area contributed by atoms with Gasteiger partial charge in [-0.2, -0.15) is 0 Å². The molecule has 0 radical (unpaired) electrons. The largest absolute Gasteiger partial charge is 0.341 e. The molecule has 0 aromatic carbocycles. The van der Waals surface area contributed by atoms with Crippen molar-refractivity contribution in [1.29, 1.82) is 0 Å². The van der Waals surface area contributed by atoms with Gasteiger partial charge in [0.05, 0.1) is 11.6 Å². The molecule has 2 aromatic heterocycles. The van der Waals surface area contributed by atoms with E-state index in [2.05, 4.69) is 40.7 Å². The second-order valence-electron chi connectivity index (χ2n) is 6.91. The van der Waals surface area contributed by atoms with Crippen molar-refractivity contribution in [2.45, 2.75) is 43.9 Å². The minimum Gasteiger partial charge on any atom is -0.341 e. The van der Waals surface area contributed by atoms with Crippen LogP contribution in [0.25, 0.3) is 11.2 Å². The first-order chi connectivity index (χ1) is 9.95. The molecule has 0 spiro atoms. The topological polar surface area (TPSA) is 71.5 Å². The summed E-state index contributed by atoms with van der Waals surface area (Å²) in [4.78, 5) is 28.5. The number of nitrogens with one attached hydrogen (secondary N) is 1. The van der Waals surface area contributed by atoms with Crippen molar-refractivity contribution in [2.24, 2.45) is 16.7 Å². The SMILES string of the molecule is CC1(C)C2CCC1(C)C(Sc1ncnc3nc[nH]c13)C2=O. The van der Waals surface area contributed by atoms with Crippen molar-refractivity contribution in [3.05, 3.63) is 12.7 Å². The zero-order valence-corrected chi connectivity index (χ0v) is 13.2. The zero-order chi connectivity index (χ0) is 14.8. The highest BCUT2D eigenvalue weighted by Gasteiger charge is 2.66. The molecule has 5 nitrogen and oxygen atoms in total. The molecule has 0 amide bonds. The number of carbonyl (C=O) groups excluding carboxylic acids is 1. The van der Waals surface area contributed by atoms with Crippen LogP contribution in [-0.4, -0.2) is 31.0 Å². The predicted octanol–water partition coefficient (Wildman–Crippen LogP) is 2.84. The third-order valence-corrected chi connectivity index (χ3v) is 7.41. The van der Waals surface area contributed by atoms with Gasteiger partial charge in [0.25, 0.3) is 0 Å². The molecule has 4 rings (SSSR count). The summed E-state index contributed by atoms with van der Waals surface area (Å²) in [6.45, 7) is 6.75. The minimum atomic E-state index is -0.0207. The Morgan fingerprint density at radius 2 is 2.10 bits per heavy atom. The maximum atomic E-state index is 12.8. The maximum Gasteiger partial charge on any atom is 0.181 e. The highest BCUT2D eigenvalue weighted by molar-refractivity contribution is 8.00. The Hall–Kier alpha value is -1.43. The van der Waals surface area contributed by atoms with Crippen molar-refractivity contribution in [1.82, 2.24) is 19.9 Å². The van der Waals surface area contributed by atoms with Crippen molar-refractivity contribution in [2.75, 3.05) is 0 Å². The van der Waals surface area contributed by atoms with E-state index in [0.717, 1.165) is 23.4 Å². The van der Waals surface area contributed by atoms with Crippen molar-refractivity contribution in [3.8, 4) is 0 Å². The monoisotopic (exact) mass is 302 g/mol. The summed E-state index contributed by atoms with van der Waals surface area (Å²) in [7, 11) is 0. The lowest BCUT2D eigenvalue weighted by molar-refractivity contribution is -0.122. The van der Waals surface area contributed by atoms with Gasteiger partial charge < -0.3 is 4.98 Å². The molecule has 3 unspecified atom stereocenters. The summed E-state index contributed by atoms with van der Waals surface area (Å²) in [6.07, 6.45) is 5.29. The number of nitrogens with zero attached hydrogens (tertiary/aromatic N) is 3. The number of rotatable bonds is 2. The van der Waals surface area contributed by atoms with Gasteiger partial charge in [0, 0.05) is 5.92 Å². The third-order valence-electron chi connectivity index (χ3n) is 5.89. The number of ketones is 1. The van der Waals surface area contributed by atoms with Gasteiger partial charge in [-0.1, -0.05) is 32.5 Å². The molecule has 2 aliphatic rings. The van der Waals surface area contributed by atoms with Crippen LogP contribution in [-0.2, 0) is 4.79 Å². The summed E-state index contributed by atoms with van der Waals surface area (Å²) in [5.74, 6) is 0.587. The van der Waals surface area contributed by atoms with E-state index >= 15 is 0 Å². The first kappa shape index (κ1) is 13.2. The molecule has 2 aliphatic carbocycles. The van der Waals surface area contributed by atoms with Gasteiger partial charge in [-0.25, -0.2) is 15.0 Å². The zero-order valence-electron chi connectivity index (χ0n) is 12.4. The fourth-order valence-corrected chi connectivity index (χ4v) is 5.68. The number of thioether (sulfide) groups is 1. The van der Waals surface area contributed by atoms with E-state index in [4.69, 9.17) is 0 Å². The van der Waals surface area contributed by atoms with Crippen LogP contribution < -0.4 is 0 Å². The number of aromatic nitrogens is 4. The Labute approximate surface area is 127 Å². The van der Waals surface area contributed by atoms with Crippen molar-refractivity contribution in [3.63, 3.8) is 0 Å². The Balaban J connectivity index is 1.75. The first-order valence-electron chi connectivity index (χ1n) is 7.29. The van der Waals surface area contributed by atoms with Gasteiger partial charge in [-0.15, -0.1) is 0 Å². The van der Waals surface area contributed by atoms with Crippen LogP contribution in [0.4, 0.5) is 0 Å². The van der Waals surface area contributed by atoms with Gasteiger partial charge in [-0.05, 0) is 23.7 Å². The molecule has 2 saturated carbocycles. The molecule has 21 heavy (non-hydrogen) atoms. The number of fused-ring (bicyclic) bond motifs is 3. The number of Topliss-reactive ketones (excluding diaryl/α,β-unsaturated/α-hetero) is 1. The number of H-pyrrole nitrogens is 1. The van der Waals surface area contributed by atoms with Crippen LogP contribution in [0.2, 0.25) is 0 Å². The second kappa shape index (κ2) is 4.06. The van der Waals surface area contributed by atoms with E-state index < -0.39 is 0 Å². The highest BCUT2D eigenvalue weighted by Crippen LogP contribution is 2.67. The maximum absolute atomic E-state index is 12.8. The minimum absolute atomic E-state index is 0.0207. The molecular weight excluding hydrogens is 284 g/mol. The lowest BCUT2D eigenvalue weighted by atomic mass is 9.71. The van der Waals surface area contributed by atoms with Crippen LogP contribution in [0.3, 0.4) is 0 Å². The highest BCUT2D eigenvalue weighted by atomic mass is 32.2. The lowest BCUT2D eigenvalue weighted by Crippen LogP contribution is -2.35. The molecule has 2 aromatic rings. The molecule has 3 atom stereocenters. The first-order valence-corrected chi connectivity index (χ1v) is 8.17. The van der Waals surface area contributed by atoms with Gasteiger partial charge >= 0.3 is 0 Å². The molecule has 2 fully saturated rings. The van der Waals surface area contributed by atoms with Crippen LogP contribution in [0.15, 0.2) is 17.7 Å². The lowest BCUT2D eigenvalue weighted by Gasteiger charge is -2.37. The fourth-order valence-electron chi connectivity index (χ4n) is 4.12. The Morgan fingerprint density at radius 3 is 2.81 bits per heavy atom. The molecule has 0 saturated heterocycles. The van der Waals surface area contributed by atoms with Gasteiger partial charge in [0.1, 0.15) is 22.7 Å². The third kappa shape index (κ3) is 1.54. The van der Waals surface area contributed by atoms with Gasteiger partial charge in [0.2, 0.25) is 0 Å². The fraction of sp³-hybridized carbons (Fsp3) is 0.600. The quantitative estimate of drug-likeness (QED) is 0.864.